The van der Waals surface area contributed by atoms with Gasteiger partial charge in [0.15, 0.2) is 11.6 Å². The zero-order valence-electron chi connectivity index (χ0n) is 15.5. The number of allylic oxidation sites excluding steroid dienone is 4. The molecule has 3 nitrogen and oxygen atoms in total. The van der Waals surface area contributed by atoms with E-state index in [2.05, 4.69) is 4.98 Å². The summed E-state index contributed by atoms with van der Waals surface area (Å²) >= 11 is 2.71. The molecule has 0 unspecified atom stereocenters. The van der Waals surface area contributed by atoms with Gasteiger partial charge in [-0.05, 0) is 43.0 Å². The van der Waals surface area contributed by atoms with Gasteiger partial charge in [0.1, 0.15) is 5.03 Å². The van der Waals surface area contributed by atoms with Gasteiger partial charge in [0.2, 0.25) is 0 Å². The van der Waals surface area contributed by atoms with E-state index in [0.29, 0.717) is 15.4 Å². The molecule has 0 radical (unpaired) electrons. The maximum Gasteiger partial charge on any atom is 0.197 e. The van der Waals surface area contributed by atoms with E-state index < -0.39 is 0 Å². The van der Waals surface area contributed by atoms with Crippen LogP contribution in [-0.2, 0) is 9.59 Å². The Kier molecular flexibility index (Phi) is 6.13. The van der Waals surface area contributed by atoms with Crippen LogP contribution in [0.2, 0.25) is 0 Å². The van der Waals surface area contributed by atoms with Crippen molar-refractivity contribution in [2.24, 2.45) is 5.92 Å². The zero-order chi connectivity index (χ0) is 19.3. The van der Waals surface area contributed by atoms with Gasteiger partial charge in [0.05, 0.1) is 9.81 Å². The van der Waals surface area contributed by atoms with Gasteiger partial charge in [-0.2, -0.15) is 0 Å². The van der Waals surface area contributed by atoms with Crippen molar-refractivity contribution in [1.29, 1.82) is 0 Å². The molecule has 0 aliphatic heterocycles. The highest BCUT2D eigenvalue weighted by atomic mass is 32.2. The second kappa shape index (κ2) is 8.93. The van der Waals surface area contributed by atoms with Crippen LogP contribution < -0.4 is 0 Å². The molecule has 0 spiro atoms. The SMILES string of the molecule is O=C1C=C(Sc2ccccc2)C(=O)C(C2CCCCC2)=C1Sc1ccccn1. The smallest absolute Gasteiger partial charge is 0.197 e. The summed E-state index contributed by atoms with van der Waals surface area (Å²) in [6.45, 7) is 0. The first-order valence-corrected chi connectivity index (χ1v) is 11.2. The Morgan fingerprint density at radius 2 is 1.61 bits per heavy atom. The molecule has 0 atom stereocenters. The number of carbonyl (C=O) groups is 2. The molecule has 28 heavy (non-hydrogen) atoms. The summed E-state index contributed by atoms with van der Waals surface area (Å²) in [7, 11) is 0. The van der Waals surface area contributed by atoms with Gasteiger partial charge in [-0.25, -0.2) is 4.98 Å². The van der Waals surface area contributed by atoms with Gasteiger partial charge in [0, 0.05) is 22.7 Å². The van der Waals surface area contributed by atoms with E-state index in [4.69, 9.17) is 0 Å². The number of hydrogen-bond acceptors (Lipinski definition) is 5. The lowest BCUT2D eigenvalue weighted by molar-refractivity contribution is -0.115. The number of pyridine rings is 1. The first kappa shape index (κ1) is 19.2. The Balaban J connectivity index is 1.69. The number of ketones is 2. The van der Waals surface area contributed by atoms with Crippen molar-refractivity contribution < 1.29 is 9.59 Å². The molecule has 142 valence electrons. The second-order valence-electron chi connectivity index (χ2n) is 6.96. The highest BCUT2D eigenvalue weighted by Crippen LogP contribution is 2.43. The first-order valence-electron chi connectivity index (χ1n) is 9.59. The van der Waals surface area contributed by atoms with Gasteiger partial charge < -0.3 is 0 Å². The van der Waals surface area contributed by atoms with E-state index in [1.165, 1.54) is 36.0 Å². The topological polar surface area (TPSA) is 47.0 Å². The number of Topliss-reactive ketones (excluding diaryl/α,β-unsaturated/α-hetero) is 1. The Labute approximate surface area is 173 Å². The molecule has 2 aromatic rings. The standard InChI is InChI=1S/C23H21NO2S2/c25-18-15-19(27-17-11-5-2-6-12-17)22(26)21(16-9-3-1-4-10-16)23(18)28-20-13-7-8-14-24-20/h2,5-8,11-16H,1,3-4,9-10H2. The fourth-order valence-corrected chi connectivity index (χ4v) is 5.60. The van der Waals surface area contributed by atoms with Crippen LogP contribution in [-0.4, -0.2) is 16.6 Å². The maximum atomic E-state index is 13.4. The van der Waals surface area contributed by atoms with E-state index in [9.17, 15) is 9.59 Å². The lowest BCUT2D eigenvalue weighted by Gasteiger charge is -2.28. The van der Waals surface area contributed by atoms with Crippen molar-refractivity contribution in [3.05, 3.63) is 76.2 Å². The Morgan fingerprint density at radius 3 is 2.32 bits per heavy atom. The second-order valence-corrected chi connectivity index (χ2v) is 9.11. The van der Waals surface area contributed by atoms with Crippen LogP contribution in [0, 0.1) is 5.92 Å². The summed E-state index contributed by atoms with van der Waals surface area (Å²) < 4.78 is 0. The Morgan fingerprint density at radius 1 is 0.857 bits per heavy atom. The quantitative estimate of drug-likeness (QED) is 0.583. The zero-order valence-corrected chi connectivity index (χ0v) is 17.1. The monoisotopic (exact) mass is 407 g/mol. The van der Waals surface area contributed by atoms with Crippen LogP contribution in [0.3, 0.4) is 0 Å². The predicted octanol–water partition coefficient (Wildman–Crippen LogP) is 5.84. The third-order valence-electron chi connectivity index (χ3n) is 5.03. The molecular weight excluding hydrogens is 386 g/mol. The van der Waals surface area contributed by atoms with Crippen LogP contribution in [0.25, 0.3) is 0 Å². The lowest BCUT2D eigenvalue weighted by atomic mass is 9.80. The largest absolute Gasteiger partial charge is 0.289 e. The third-order valence-corrected chi connectivity index (χ3v) is 7.13. The highest BCUT2D eigenvalue weighted by Gasteiger charge is 2.35. The molecule has 1 fully saturated rings. The van der Waals surface area contributed by atoms with Crippen LogP contribution in [0.15, 0.2) is 86.1 Å². The van der Waals surface area contributed by atoms with Gasteiger partial charge in [-0.3, -0.25) is 9.59 Å². The first-order chi connectivity index (χ1) is 13.7. The third kappa shape index (κ3) is 4.31. The summed E-state index contributed by atoms with van der Waals surface area (Å²) in [6, 6.07) is 15.4. The minimum absolute atomic E-state index is 0.0128. The molecule has 2 aliphatic rings. The number of hydrogen-bond donors (Lipinski definition) is 0. The van der Waals surface area contributed by atoms with E-state index in [1.54, 1.807) is 6.20 Å². The molecule has 1 heterocycles. The van der Waals surface area contributed by atoms with Crippen molar-refractivity contribution in [2.45, 2.75) is 42.0 Å². The van der Waals surface area contributed by atoms with Gasteiger partial charge >= 0.3 is 0 Å². The normalized spacial score (nSPS) is 18.4. The number of thioether (sulfide) groups is 2. The van der Waals surface area contributed by atoms with Crippen molar-refractivity contribution >= 4 is 35.1 Å². The maximum absolute atomic E-state index is 13.4. The van der Waals surface area contributed by atoms with Crippen molar-refractivity contribution in [3.63, 3.8) is 0 Å². The molecule has 0 amide bonds. The number of nitrogens with zero attached hydrogens (tertiary/aromatic N) is 1. The van der Waals surface area contributed by atoms with Gasteiger partial charge in [-0.15, -0.1) is 0 Å². The molecule has 2 aliphatic carbocycles. The van der Waals surface area contributed by atoms with E-state index in [0.717, 1.165) is 35.6 Å². The van der Waals surface area contributed by atoms with Gasteiger partial charge in [-0.1, -0.05) is 67.1 Å². The van der Waals surface area contributed by atoms with E-state index in [-0.39, 0.29) is 17.5 Å². The lowest BCUT2D eigenvalue weighted by Crippen LogP contribution is -2.24. The predicted molar refractivity (Wildman–Crippen MR) is 114 cm³/mol. The molecule has 5 heteroatoms. The number of rotatable bonds is 5. The summed E-state index contributed by atoms with van der Waals surface area (Å²) in [5.74, 6) is 0.101. The van der Waals surface area contributed by atoms with Crippen LogP contribution in [0.1, 0.15) is 32.1 Å². The summed E-state index contributed by atoms with van der Waals surface area (Å²) in [5, 5.41) is 0.750. The minimum Gasteiger partial charge on any atom is -0.289 e. The summed E-state index contributed by atoms with van der Waals surface area (Å²) in [5.41, 5.74) is 0.710. The number of carbonyl (C=O) groups excluding carboxylic acids is 2. The van der Waals surface area contributed by atoms with Crippen molar-refractivity contribution in [1.82, 2.24) is 4.98 Å². The number of aromatic nitrogens is 1. The molecular formula is C23H21NO2S2. The average molecular weight is 408 g/mol. The van der Waals surface area contributed by atoms with Crippen LogP contribution in [0.5, 0.6) is 0 Å². The molecule has 0 bridgehead atoms. The molecule has 1 aromatic heterocycles. The van der Waals surface area contributed by atoms with E-state index >= 15 is 0 Å². The fourth-order valence-electron chi connectivity index (χ4n) is 3.69. The summed E-state index contributed by atoms with van der Waals surface area (Å²) in [4.78, 5) is 32.9. The van der Waals surface area contributed by atoms with Gasteiger partial charge in [0.25, 0.3) is 0 Å². The van der Waals surface area contributed by atoms with E-state index in [1.807, 2.05) is 48.5 Å². The van der Waals surface area contributed by atoms with Crippen molar-refractivity contribution in [3.8, 4) is 0 Å². The molecule has 4 rings (SSSR count). The van der Waals surface area contributed by atoms with Crippen LogP contribution in [0.4, 0.5) is 0 Å². The van der Waals surface area contributed by atoms with Crippen LogP contribution >= 0.6 is 23.5 Å². The molecule has 1 saturated carbocycles. The molecule has 0 saturated heterocycles. The minimum atomic E-state index is -0.0748. The molecule has 0 N–H and O–H groups in total. The Hall–Kier alpha value is -2.11. The summed E-state index contributed by atoms with van der Waals surface area (Å²) in [6.07, 6.45) is 8.61. The number of benzene rings is 1. The highest BCUT2D eigenvalue weighted by molar-refractivity contribution is 8.05. The Bertz CT molecular complexity index is 930. The fraction of sp³-hybridized carbons (Fsp3) is 0.261. The van der Waals surface area contributed by atoms with Crippen molar-refractivity contribution in [2.75, 3.05) is 0 Å². The molecule has 1 aromatic carbocycles. The average Bonchev–Trinajstić information content (AvgIpc) is 2.74.